The SMILES string of the molecule is CC(CBr)(NC(=O)CC1CCCC1)c1ccccc1. The number of carbonyl (C=O) groups is 1. The molecule has 1 N–H and O–H groups in total. The summed E-state index contributed by atoms with van der Waals surface area (Å²) in [5.41, 5.74) is 0.823. The van der Waals surface area contributed by atoms with Crippen molar-refractivity contribution >= 4 is 21.8 Å². The van der Waals surface area contributed by atoms with Gasteiger partial charge in [0.05, 0.1) is 5.54 Å². The summed E-state index contributed by atoms with van der Waals surface area (Å²) in [5.74, 6) is 0.771. The molecule has 0 heterocycles. The third-order valence-corrected chi connectivity index (χ3v) is 5.16. The third kappa shape index (κ3) is 3.82. The Labute approximate surface area is 124 Å². The Kier molecular flexibility index (Phi) is 5.03. The predicted octanol–water partition coefficient (Wildman–Crippen LogP) is 3.99. The minimum Gasteiger partial charge on any atom is -0.346 e. The van der Waals surface area contributed by atoms with Gasteiger partial charge in [0.1, 0.15) is 0 Å². The second kappa shape index (κ2) is 6.56. The second-order valence-electron chi connectivity index (χ2n) is 5.73. The average molecular weight is 324 g/mol. The smallest absolute Gasteiger partial charge is 0.220 e. The number of rotatable bonds is 5. The van der Waals surface area contributed by atoms with Crippen LogP contribution in [0.2, 0.25) is 0 Å². The Balaban J connectivity index is 1.99. The first kappa shape index (κ1) is 14.6. The summed E-state index contributed by atoms with van der Waals surface area (Å²) in [6, 6.07) is 10.2. The van der Waals surface area contributed by atoms with Gasteiger partial charge in [0.2, 0.25) is 5.91 Å². The number of alkyl halides is 1. The predicted molar refractivity (Wildman–Crippen MR) is 82.3 cm³/mol. The van der Waals surface area contributed by atoms with Gasteiger partial charge in [-0.15, -0.1) is 0 Å². The van der Waals surface area contributed by atoms with Crippen molar-refractivity contribution in [3.8, 4) is 0 Å². The molecule has 104 valence electrons. The number of amides is 1. The van der Waals surface area contributed by atoms with Crippen LogP contribution in [0.3, 0.4) is 0 Å². The fourth-order valence-corrected chi connectivity index (χ4v) is 3.29. The van der Waals surface area contributed by atoms with Crippen LogP contribution < -0.4 is 5.32 Å². The molecule has 1 unspecified atom stereocenters. The van der Waals surface area contributed by atoms with Crippen LogP contribution in [0.5, 0.6) is 0 Å². The van der Waals surface area contributed by atoms with Crippen molar-refractivity contribution in [2.75, 3.05) is 5.33 Å². The zero-order valence-corrected chi connectivity index (χ0v) is 13.1. The molecule has 1 atom stereocenters. The molecule has 0 aromatic heterocycles. The van der Waals surface area contributed by atoms with E-state index in [0.29, 0.717) is 12.3 Å². The first-order valence-corrected chi connectivity index (χ1v) is 8.19. The normalized spacial score (nSPS) is 19.1. The molecule has 0 aliphatic heterocycles. The van der Waals surface area contributed by atoms with Gasteiger partial charge >= 0.3 is 0 Å². The van der Waals surface area contributed by atoms with Crippen LogP contribution in [0.1, 0.15) is 44.6 Å². The van der Waals surface area contributed by atoms with Gasteiger partial charge in [-0.1, -0.05) is 59.1 Å². The summed E-state index contributed by atoms with van der Waals surface area (Å²) >= 11 is 3.54. The summed E-state index contributed by atoms with van der Waals surface area (Å²) in [6.07, 6.45) is 5.67. The molecule has 1 saturated carbocycles. The Hall–Kier alpha value is -0.830. The summed E-state index contributed by atoms with van der Waals surface area (Å²) in [7, 11) is 0. The molecule has 1 amide bonds. The first-order valence-electron chi connectivity index (χ1n) is 7.06. The van der Waals surface area contributed by atoms with Gasteiger partial charge in [-0.25, -0.2) is 0 Å². The van der Waals surface area contributed by atoms with E-state index in [1.165, 1.54) is 25.7 Å². The van der Waals surface area contributed by atoms with Crippen LogP contribution >= 0.6 is 15.9 Å². The second-order valence-corrected chi connectivity index (χ2v) is 6.30. The van der Waals surface area contributed by atoms with E-state index >= 15 is 0 Å². The molecule has 0 radical (unpaired) electrons. The number of halogens is 1. The molecule has 1 aromatic carbocycles. The summed E-state index contributed by atoms with van der Waals surface area (Å²) in [6.45, 7) is 2.07. The topological polar surface area (TPSA) is 29.1 Å². The van der Waals surface area contributed by atoms with Crippen LogP contribution in [-0.2, 0) is 10.3 Å². The molecule has 1 aliphatic carbocycles. The fraction of sp³-hybridized carbons (Fsp3) is 0.562. The van der Waals surface area contributed by atoms with Crippen molar-refractivity contribution in [1.29, 1.82) is 0 Å². The van der Waals surface area contributed by atoms with E-state index < -0.39 is 0 Å². The number of carbonyl (C=O) groups excluding carboxylic acids is 1. The summed E-state index contributed by atoms with van der Waals surface area (Å²) in [5, 5.41) is 3.92. The molecule has 0 spiro atoms. The highest BCUT2D eigenvalue weighted by molar-refractivity contribution is 9.09. The zero-order chi connectivity index (χ0) is 13.7. The Morgan fingerprint density at radius 3 is 2.53 bits per heavy atom. The van der Waals surface area contributed by atoms with Crippen LogP contribution in [0, 0.1) is 5.92 Å². The standard InChI is InChI=1S/C16H22BrNO/c1-16(12-17,14-9-3-2-4-10-14)18-15(19)11-13-7-5-6-8-13/h2-4,9-10,13H,5-8,11-12H2,1H3,(H,18,19). The maximum Gasteiger partial charge on any atom is 0.220 e. The van der Waals surface area contributed by atoms with E-state index in [9.17, 15) is 4.79 Å². The zero-order valence-electron chi connectivity index (χ0n) is 11.5. The highest BCUT2D eigenvalue weighted by Crippen LogP contribution is 2.28. The minimum atomic E-state index is -0.322. The van der Waals surface area contributed by atoms with Crippen molar-refractivity contribution < 1.29 is 4.79 Å². The molecule has 19 heavy (non-hydrogen) atoms. The van der Waals surface area contributed by atoms with Crippen molar-refractivity contribution in [3.05, 3.63) is 35.9 Å². The van der Waals surface area contributed by atoms with E-state index in [0.717, 1.165) is 10.9 Å². The molecular weight excluding hydrogens is 302 g/mol. The quantitative estimate of drug-likeness (QED) is 0.815. The molecule has 2 rings (SSSR count). The third-order valence-electron chi connectivity index (χ3n) is 4.04. The van der Waals surface area contributed by atoms with Crippen LogP contribution in [0.25, 0.3) is 0 Å². The number of benzene rings is 1. The number of hydrogen-bond acceptors (Lipinski definition) is 1. The van der Waals surface area contributed by atoms with Crippen molar-refractivity contribution in [2.24, 2.45) is 5.92 Å². The monoisotopic (exact) mass is 323 g/mol. The average Bonchev–Trinajstić information content (AvgIpc) is 2.92. The molecule has 2 nitrogen and oxygen atoms in total. The minimum absolute atomic E-state index is 0.178. The highest BCUT2D eigenvalue weighted by atomic mass is 79.9. The van der Waals surface area contributed by atoms with Crippen molar-refractivity contribution in [1.82, 2.24) is 5.32 Å². The Morgan fingerprint density at radius 2 is 1.95 bits per heavy atom. The van der Waals surface area contributed by atoms with Gasteiger partial charge in [0.25, 0.3) is 0 Å². The van der Waals surface area contributed by atoms with Gasteiger partial charge in [-0.3, -0.25) is 4.79 Å². The van der Waals surface area contributed by atoms with E-state index in [1.54, 1.807) is 0 Å². The lowest BCUT2D eigenvalue weighted by atomic mass is 9.93. The van der Waals surface area contributed by atoms with Crippen molar-refractivity contribution in [3.63, 3.8) is 0 Å². The van der Waals surface area contributed by atoms with Gasteiger partial charge in [0, 0.05) is 11.8 Å². The molecule has 0 saturated heterocycles. The van der Waals surface area contributed by atoms with Crippen LogP contribution in [0.4, 0.5) is 0 Å². The Bertz CT molecular complexity index is 414. The lowest BCUT2D eigenvalue weighted by Gasteiger charge is -2.30. The van der Waals surface area contributed by atoms with Gasteiger partial charge < -0.3 is 5.32 Å². The lowest BCUT2D eigenvalue weighted by Crippen LogP contribution is -2.45. The molecular formula is C16H22BrNO. The molecule has 1 fully saturated rings. The largest absolute Gasteiger partial charge is 0.346 e. The maximum absolute atomic E-state index is 12.2. The molecule has 3 heteroatoms. The first-order chi connectivity index (χ1) is 9.14. The van der Waals surface area contributed by atoms with Gasteiger partial charge in [0.15, 0.2) is 0 Å². The van der Waals surface area contributed by atoms with E-state index in [-0.39, 0.29) is 11.4 Å². The molecule has 1 aromatic rings. The Morgan fingerprint density at radius 1 is 1.32 bits per heavy atom. The van der Waals surface area contributed by atoms with Crippen LogP contribution in [-0.4, -0.2) is 11.2 Å². The van der Waals surface area contributed by atoms with Gasteiger partial charge in [-0.05, 0) is 31.2 Å². The number of nitrogens with one attached hydrogen (secondary N) is 1. The maximum atomic E-state index is 12.2. The van der Waals surface area contributed by atoms with E-state index in [4.69, 9.17) is 0 Å². The molecule has 1 aliphatic rings. The van der Waals surface area contributed by atoms with E-state index in [1.807, 2.05) is 18.2 Å². The summed E-state index contributed by atoms with van der Waals surface area (Å²) in [4.78, 5) is 12.2. The summed E-state index contributed by atoms with van der Waals surface area (Å²) < 4.78 is 0. The van der Waals surface area contributed by atoms with Crippen molar-refractivity contribution in [2.45, 2.75) is 44.6 Å². The van der Waals surface area contributed by atoms with E-state index in [2.05, 4.69) is 40.3 Å². The van der Waals surface area contributed by atoms with Crippen LogP contribution in [0.15, 0.2) is 30.3 Å². The van der Waals surface area contributed by atoms with Gasteiger partial charge in [-0.2, -0.15) is 0 Å². The number of hydrogen-bond donors (Lipinski definition) is 1. The lowest BCUT2D eigenvalue weighted by molar-refractivity contribution is -0.123. The highest BCUT2D eigenvalue weighted by Gasteiger charge is 2.28. The molecule has 0 bridgehead atoms. The fourth-order valence-electron chi connectivity index (χ4n) is 2.82.